The van der Waals surface area contributed by atoms with E-state index in [0.717, 1.165) is 11.3 Å². The standard InChI is InChI=1S/C12H12N2O3.2C2H6/c1-16-11-7-3-2-5-10(11)6-4-8-17-12(15)9-14-13;2*1-2/h2-7,9H,8H2,1H3;2*1-2H3/b6-4-;;. The molecule has 5 nitrogen and oxygen atoms in total. The van der Waals surface area contributed by atoms with Gasteiger partial charge in [0.15, 0.2) is 0 Å². The maximum atomic E-state index is 10.8. The van der Waals surface area contributed by atoms with Gasteiger partial charge in [0, 0.05) is 5.56 Å². The second-order valence-corrected chi connectivity index (χ2v) is 3.02. The highest BCUT2D eigenvalue weighted by Crippen LogP contribution is 2.18. The van der Waals surface area contributed by atoms with Crippen LogP contribution in [0, 0.1) is 0 Å². The molecule has 0 fully saturated rings. The third-order valence-electron chi connectivity index (χ3n) is 1.92. The number of rotatable bonds is 5. The average Bonchev–Trinajstić information content (AvgIpc) is 2.56. The fourth-order valence-corrected chi connectivity index (χ4v) is 1.19. The zero-order chi connectivity index (χ0) is 16.5. The number of para-hydroxylation sites is 1. The van der Waals surface area contributed by atoms with Crippen molar-refractivity contribution in [1.29, 1.82) is 0 Å². The Labute approximate surface area is 126 Å². The molecule has 1 aromatic carbocycles. The zero-order valence-corrected chi connectivity index (χ0v) is 13.4. The van der Waals surface area contributed by atoms with Crippen LogP contribution < -0.4 is 4.74 Å². The number of carbonyl (C=O) groups excluding carboxylic acids is 1. The lowest BCUT2D eigenvalue weighted by Crippen LogP contribution is -2.05. The minimum atomic E-state index is -0.697. The highest BCUT2D eigenvalue weighted by atomic mass is 16.5. The molecule has 0 saturated heterocycles. The number of ether oxygens (including phenoxy) is 2. The molecule has 116 valence electrons. The summed E-state index contributed by atoms with van der Waals surface area (Å²) in [6, 6.07) is 7.47. The Kier molecular flexibility index (Phi) is 15.6. The molecular weight excluding hydrogens is 268 g/mol. The summed E-state index contributed by atoms with van der Waals surface area (Å²) in [5.74, 6) is 0.0455. The van der Waals surface area contributed by atoms with E-state index in [1.165, 1.54) is 0 Å². The van der Waals surface area contributed by atoms with Gasteiger partial charge in [-0.2, -0.15) is 4.79 Å². The van der Waals surface area contributed by atoms with E-state index in [2.05, 4.69) is 4.79 Å². The summed E-state index contributed by atoms with van der Waals surface area (Å²) >= 11 is 0. The van der Waals surface area contributed by atoms with E-state index in [4.69, 9.17) is 15.0 Å². The van der Waals surface area contributed by atoms with Gasteiger partial charge in [-0.15, -0.1) is 0 Å². The summed E-state index contributed by atoms with van der Waals surface area (Å²) in [4.78, 5) is 13.3. The molecule has 0 atom stereocenters. The van der Waals surface area contributed by atoms with Crippen molar-refractivity contribution in [2.75, 3.05) is 13.7 Å². The average molecular weight is 292 g/mol. The molecule has 0 aliphatic heterocycles. The minimum Gasteiger partial charge on any atom is -0.496 e. The van der Waals surface area contributed by atoms with Crippen LogP contribution in [0.5, 0.6) is 5.75 Å². The van der Waals surface area contributed by atoms with Gasteiger partial charge >= 0.3 is 12.2 Å². The van der Waals surface area contributed by atoms with Crippen molar-refractivity contribution in [2.24, 2.45) is 0 Å². The van der Waals surface area contributed by atoms with Crippen LogP contribution in [0.1, 0.15) is 33.3 Å². The monoisotopic (exact) mass is 292 g/mol. The smallest absolute Gasteiger partial charge is 0.413 e. The van der Waals surface area contributed by atoms with Crippen molar-refractivity contribution in [2.45, 2.75) is 27.7 Å². The summed E-state index contributed by atoms with van der Waals surface area (Å²) in [5, 5.41) is 0. The Bertz CT molecular complexity index is 464. The number of hydrogen-bond donors (Lipinski definition) is 0. The molecule has 0 amide bonds. The van der Waals surface area contributed by atoms with Gasteiger partial charge in [0.25, 0.3) is 0 Å². The highest BCUT2D eigenvalue weighted by molar-refractivity contribution is 6.20. The first-order valence-electron chi connectivity index (χ1n) is 6.91. The van der Waals surface area contributed by atoms with Crippen LogP contribution in [-0.2, 0) is 9.53 Å². The van der Waals surface area contributed by atoms with E-state index >= 15 is 0 Å². The molecule has 21 heavy (non-hydrogen) atoms. The zero-order valence-electron chi connectivity index (χ0n) is 13.4. The van der Waals surface area contributed by atoms with E-state index < -0.39 is 5.97 Å². The lowest BCUT2D eigenvalue weighted by atomic mass is 10.2. The van der Waals surface area contributed by atoms with E-state index in [1.807, 2.05) is 52.0 Å². The number of nitrogens with zero attached hydrogens (tertiary/aromatic N) is 2. The van der Waals surface area contributed by atoms with Crippen LogP contribution in [0.15, 0.2) is 30.3 Å². The first-order chi connectivity index (χ1) is 10.3. The van der Waals surface area contributed by atoms with E-state index in [0.29, 0.717) is 6.21 Å². The number of esters is 1. The Morgan fingerprint density at radius 3 is 2.43 bits per heavy atom. The molecule has 0 heterocycles. The van der Waals surface area contributed by atoms with Gasteiger partial charge in [0.1, 0.15) is 12.4 Å². The second kappa shape index (κ2) is 15.7. The van der Waals surface area contributed by atoms with Gasteiger partial charge in [-0.05, 0) is 12.1 Å². The van der Waals surface area contributed by atoms with Gasteiger partial charge in [0.2, 0.25) is 0 Å². The highest BCUT2D eigenvalue weighted by Gasteiger charge is 2.00. The van der Waals surface area contributed by atoms with Crippen molar-refractivity contribution < 1.29 is 19.1 Å². The van der Waals surface area contributed by atoms with Crippen molar-refractivity contribution in [3.05, 3.63) is 41.4 Å². The second-order valence-electron chi connectivity index (χ2n) is 3.02. The molecule has 0 saturated carbocycles. The number of methoxy groups -OCH3 is 1. The largest absolute Gasteiger partial charge is 0.496 e. The Balaban J connectivity index is 0. The molecule has 0 aliphatic rings. The van der Waals surface area contributed by atoms with Crippen LogP contribution in [0.3, 0.4) is 0 Å². The normalized spacial score (nSPS) is 8.43. The molecule has 5 heteroatoms. The lowest BCUT2D eigenvalue weighted by Gasteiger charge is -2.03. The van der Waals surface area contributed by atoms with Gasteiger partial charge < -0.3 is 15.0 Å². The molecule has 1 aromatic rings. The molecule has 0 radical (unpaired) electrons. The molecule has 0 N–H and O–H groups in total. The summed E-state index contributed by atoms with van der Waals surface area (Å²) in [7, 11) is 1.59. The van der Waals surface area contributed by atoms with Crippen molar-refractivity contribution >= 4 is 18.3 Å². The maximum absolute atomic E-state index is 10.8. The molecule has 0 unspecified atom stereocenters. The van der Waals surface area contributed by atoms with E-state index in [1.54, 1.807) is 19.3 Å². The van der Waals surface area contributed by atoms with Crippen LogP contribution >= 0.6 is 0 Å². The quantitative estimate of drug-likeness (QED) is 0.360. The van der Waals surface area contributed by atoms with Crippen LogP contribution in [0.2, 0.25) is 0 Å². The lowest BCUT2D eigenvalue weighted by molar-refractivity contribution is -0.137. The fourth-order valence-electron chi connectivity index (χ4n) is 1.19. The SMILES string of the molecule is CC.CC.COc1ccccc1/C=C\COC(=O)C=[N+]=[N-]. The molecule has 0 bridgehead atoms. The predicted octanol–water partition coefficient (Wildman–Crippen LogP) is 3.60. The first kappa shape index (κ1) is 20.9. The fraction of sp³-hybridized carbons (Fsp3) is 0.375. The van der Waals surface area contributed by atoms with Gasteiger partial charge in [-0.3, -0.25) is 0 Å². The third-order valence-corrected chi connectivity index (χ3v) is 1.92. The third kappa shape index (κ3) is 10.1. The Hall–Kier alpha value is -2.39. The minimum absolute atomic E-state index is 0.100. The van der Waals surface area contributed by atoms with Crippen molar-refractivity contribution in [3.63, 3.8) is 0 Å². The van der Waals surface area contributed by atoms with Gasteiger partial charge in [-0.25, -0.2) is 4.79 Å². The molecule has 0 aliphatic carbocycles. The number of benzene rings is 1. The first-order valence-corrected chi connectivity index (χ1v) is 6.91. The molecular formula is C16H24N2O3. The van der Waals surface area contributed by atoms with Gasteiger partial charge in [0.05, 0.1) is 7.11 Å². The molecule has 0 spiro atoms. The Morgan fingerprint density at radius 2 is 1.86 bits per heavy atom. The van der Waals surface area contributed by atoms with E-state index in [9.17, 15) is 4.79 Å². The van der Waals surface area contributed by atoms with Gasteiger partial charge in [-0.1, -0.05) is 52.0 Å². The summed E-state index contributed by atoms with van der Waals surface area (Å²) in [6.45, 7) is 8.10. The summed E-state index contributed by atoms with van der Waals surface area (Å²) < 4.78 is 9.85. The number of carbonyl (C=O) groups is 1. The molecule has 1 rings (SSSR count). The Morgan fingerprint density at radius 1 is 1.24 bits per heavy atom. The van der Waals surface area contributed by atoms with Crippen molar-refractivity contribution in [1.82, 2.24) is 0 Å². The van der Waals surface area contributed by atoms with Crippen LogP contribution in [-0.4, -0.2) is 30.7 Å². The van der Waals surface area contributed by atoms with Crippen LogP contribution in [0.4, 0.5) is 0 Å². The predicted molar refractivity (Wildman–Crippen MR) is 85.4 cm³/mol. The summed E-state index contributed by atoms with van der Waals surface area (Å²) in [5.41, 5.74) is 8.96. The number of hydrogen-bond acceptors (Lipinski definition) is 3. The topological polar surface area (TPSA) is 71.9 Å². The van der Waals surface area contributed by atoms with E-state index in [-0.39, 0.29) is 6.61 Å². The molecule has 0 aromatic heterocycles. The summed E-state index contributed by atoms with van der Waals surface area (Å²) in [6.07, 6.45) is 4.14. The van der Waals surface area contributed by atoms with Crippen LogP contribution in [0.25, 0.3) is 11.6 Å². The maximum Gasteiger partial charge on any atom is 0.413 e. The van der Waals surface area contributed by atoms with Crippen molar-refractivity contribution in [3.8, 4) is 5.75 Å².